The molecule has 10 nitrogen and oxygen atoms in total. The lowest BCUT2D eigenvalue weighted by Crippen LogP contribution is -2.57. The highest BCUT2D eigenvalue weighted by Crippen LogP contribution is 2.57. The fourth-order valence-electron chi connectivity index (χ4n) is 6.73. The predicted molar refractivity (Wildman–Crippen MR) is 160 cm³/mol. The molecule has 2 amide bonds. The van der Waals surface area contributed by atoms with Gasteiger partial charge in [-0.3, -0.25) is 14.4 Å². The smallest absolute Gasteiger partial charge is 0.408 e. The number of alkyl carbamates (subject to hydrolysis) is 1. The molecule has 0 bridgehead atoms. The van der Waals surface area contributed by atoms with Gasteiger partial charge in [-0.05, 0) is 55.6 Å². The summed E-state index contributed by atoms with van der Waals surface area (Å²) in [7, 11) is 0. The van der Waals surface area contributed by atoms with Crippen LogP contribution in [0.1, 0.15) is 77.7 Å². The third-order valence-corrected chi connectivity index (χ3v) is 9.57. The summed E-state index contributed by atoms with van der Waals surface area (Å²) in [6.07, 6.45) is 4.83. The summed E-state index contributed by atoms with van der Waals surface area (Å²) >= 11 is 6.20. The zero-order chi connectivity index (χ0) is 31.2. The van der Waals surface area contributed by atoms with Crippen molar-refractivity contribution in [1.82, 2.24) is 10.2 Å². The molecule has 3 fully saturated rings. The van der Waals surface area contributed by atoms with Crippen molar-refractivity contribution in [3.8, 4) is 0 Å². The van der Waals surface area contributed by atoms with E-state index in [1.807, 2.05) is 32.9 Å². The molecule has 43 heavy (non-hydrogen) atoms. The van der Waals surface area contributed by atoms with Gasteiger partial charge >= 0.3 is 12.1 Å². The Hall–Kier alpha value is -3.40. The first-order valence-corrected chi connectivity index (χ1v) is 15.3. The van der Waals surface area contributed by atoms with Crippen LogP contribution in [0, 0.1) is 16.7 Å². The quantitative estimate of drug-likeness (QED) is 0.369. The van der Waals surface area contributed by atoms with Crippen LogP contribution in [0.3, 0.4) is 0 Å². The number of ether oxygens (including phenoxy) is 1. The molecule has 2 aliphatic carbocycles. The second-order valence-corrected chi connectivity index (χ2v) is 14.0. The van der Waals surface area contributed by atoms with Crippen molar-refractivity contribution < 1.29 is 33.9 Å². The van der Waals surface area contributed by atoms with Gasteiger partial charge in [-0.1, -0.05) is 55.7 Å². The zero-order valence-electron chi connectivity index (χ0n) is 24.9. The summed E-state index contributed by atoms with van der Waals surface area (Å²) in [6, 6.07) is 5.24. The Morgan fingerprint density at radius 1 is 1.26 bits per heavy atom. The van der Waals surface area contributed by atoms with E-state index in [0.29, 0.717) is 23.6 Å². The maximum Gasteiger partial charge on any atom is 0.408 e. The van der Waals surface area contributed by atoms with Gasteiger partial charge in [0.1, 0.15) is 12.1 Å². The Kier molecular flexibility index (Phi) is 8.37. The minimum absolute atomic E-state index is 0.0483. The number of nitrogens with one attached hydrogen (secondary N) is 1. The van der Waals surface area contributed by atoms with Crippen LogP contribution < -0.4 is 5.32 Å². The van der Waals surface area contributed by atoms with E-state index in [1.165, 1.54) is 4.90 Å². The monoisotopic (exact) mass is 613 g/mol. The zero-order valence-corrected chi connectivity index (χ0v) is 25.7. The van der Waals surface area contributed by atoms with Crippen LogP contribution >= 0.6 is 11.6 Å². The number of nitrogens with zero attached hydrogens (tertiary/aromatic N) is 2. The number of allylic oxidation sites excluding steroid dienone is 1. The van der Waals surface area contributed by atoms with Crippen molar-refractivity contribution in [2.24, 2.45) is 21.9 Å². The van der Waals surface area contributed by atoms with Gasteiger partial charge in [-0.25, -0.2) is 4.79 Å². The number of Topliss-reactive ketones (excluding diaryl/α,β-unsaturated/α-hetero) is 1. The van der Waals surface area contributed by atoms with Crippen LogP contribution in [0.15, 0.2) is 42.1 Å². The van der Waals surface area contributed by atoms with E-state index < -0.39 is 46.5 Å². The van der Waals surface area contributed by atoms with E-state index >= 15 is 0 Å². The van der Waals surface area contributed by atoms with E-state index in [2.05, 4.69) is 17.1 Å². The number of oxime groups is 1. The van der Waals surface area contributed by atoms with Crippen LogP contribution in [-0.4, -0.2) is 69.8 Å². The maximum atomic E-state index is 14.3. The first-order valence-electron chi connectivity index (χ1n) is 14.9. The number of hydrogen-bond acceptors (Lipinski definition) is 7. The number of benzene rings is 1. The first kappa shape index (κ1) is 31.0. The molecule has 1 aromatic rings. The van der Waals surface area contributed by atoms with Gasteiger partial charge in [-0.15, -0.1) is 6.58 Å². The van der Waals surface area contributed by atoms with Gasteiger partial charge in [0.25, 0.3) is 0 Å². The van der Waals surface area contributed by atoms with Crippen molar-refractivity contribution in [1.29, 1.82) is 0 Å². The lowest BCUT2D eigenvalue weighted by atomic mass is 9.85. The minimum atomic E-state index is -1.23. The van der Waals surface area contributed by atoms with Crippen LogP contribution in [-0.2, 0) is 24.0 Å². The van der Waals surface area contributed by atoms with Gasteiger partial charge in [-0.2, -0.15) is 0 Å². The first-order chi connectivity index (χ1) is 20.3. The Morgan fingerprint density at radius 3 is 2.58 bits per heavy atom. The maximum absolute atomic E-state index is 14.3. The Morgan fingerprint density at radius 2 is 1.98 bits per heavy atom. The number of amides is 2. The van der Waals surface area contributed by atoms with Gasteiger partial charge in [0.05, 0.1) is 23.7 Å². The Bertz CT molecular complexity index is 1350. The SMILES string of the molecule is C=C[C@@H]1C[C@]1(CC(=O)[C@@H]1C[C@]2(CC(c3cccc(Cl)c3)=NO2)CN1C(=O)[C@@H](NC(=O)OC1CCCC1)C(C)(C)C)C(=O)O. The van der Waals surface area contributed by atoms with Crippen molar-refractivity contribution in [2.75, 3.05) is 6.54 Å². The summed E-state index contributed by atoms with van der Waals surface area (Å²) in [5.41, 5.74) is -1.52. The van der Waals surface area contributed by atoms with Crippen LogP contribution in [0.4, 0.5) is 4.79 Å². The molecule has 2 heterocycles. The van der Waals surface area contributed by atoms with E-state index in [1.54, 1.807) is 18.2 Å². The summed E-state index contributed by atoms with van der Waals surface area (Å²) in [5, 5.41) is 17.6. The molecule has 232 valence electrons. The number of likely N-dealkylation sites (tertiary alicyclic amines) is 1. The Labute approximate surface area is 256 Å². The van der Waals surface area contributed by atoms with Crippen molar-refractivity contribution in [2.45, 2.75) is 95.9 Å². The summed E-state index contributed by atoms with van der Waals surface area (Å²) < 4.78 is 5.60. The number of hydrogen-bond donors (Lipinski definition) is 2. The van der Waals surface area contributed by atoms with E-state index in [4.69, 9.17) is 21.2 Å². The number of carbonyl (C=O) groups is 4. The van der Waals surface area contributed by atoms with Crippen molar-refractivity contribution in [3.63, 3.8) is 0 Å². The predicted octanol–water partition coefficient (Wildman–Crippen LogP) is 5.12. The summed E-state index contributed by atoms with van der Waals surface area (Å²) in [5.74, 6) is -2.18. The van der Waals surface area contributed by atoms with E-state index in [0.717, 1.165) is 31.2 Å². The average Bonchev–Trinajstić information content (AvgIpc) is 3.30. The minimum Gasteiger partial charge on any atom is -0.481 e. The number of carbonyl (C=O) groups excluding carboxylic acids is 3. The molecule has 5 rings (SSSR count). The normalized spacial score (nSPS) is 29.1. The number of carboxylic acids is 1. The second kappa shape index (κ2) is 11.6. The lowest BCUT2D eigenvalue weighted by molar-refractivity contribution is -0.147. The van der Waals surface area contributed by atoms with Gasteiger partial charge in [0.2, 0.25) is 5.91 Å². The fraction of sp³-hybridized carbons (Fsp3) is 0.594. The molecule has 0 aromatic heterocycles. The van der Waals surface area contributed by atoms with Gasteiger partial charge in [0, 0.05) is 29.8 Å². The van der Waals surface area contributed by atoms with E-state index in [9.17, 15) is 24.3 Å². The standard InChI is InChI=1S/C32H40ClN3O7/c1-5-20-14-32(20,28(39)40)17-25(37)24-16-31(15-23(35-43-31)19-9-8-10-21(33)13-19)18-36(24)27(38)26(30(2,3)4)34-29(41)42-22-11-6-7-12-22/h5,8-10,13,20,22,24,26H,1,6-7,11-12,14-18H2,2-4H3,(H,34,41)(H,39,40)/t20-,24+,26-,31-,32-/m1/s1. The van der Waals surface area contributed by atoms with Crippen LogP contribution in [0.5, 0.6) is 0 Å². The Balaban J connectivity index is 1.40. The molecule has 2 aliphatic heterocycles. The largest absolute Gasteiger partial charge is 0.481 e. The molecule has 0 radical (unpaired) electrons. The van der Waals surface area contributed by atoms with E-state index in [-0.39, 0.29) is 37.2 Å². The number of ketones is 1. The number of aliphatic carboxylic acids is 1. The lowest BCUT2D eigenvalue weighted by Gasteiger charge is -2.35. The summed E-state index contributed by atoms with van der Waals surface area (Å²) in [4.78, 5) is 60.8. The fourth-order valence-corrected chi connectivity index (χ4v) is 6.92. The van der Waals surface area contributed by atoms with Crippen molar-refractivity contribution in [3.05, 3.63) is 47.5 Å². The number of rotatable bonds is 9. The molecular weight excluding hydrogens is 574 g/mol. The third-order valence-electron chi connectivity index (χ3n) is 9.34. The molecule has 0 unspecified atom stereocenters. The van der Waals surface area contributed by atoms with Gasteiger partial charge < -0.3 is 24.9 Å². The number of carboxylic acid groups (broad SMARTS) is 1. The molecule has 1 saturated heterocycles. The molecular formula is C32H40ClN3O7. The average molecular weight is 614 g/mol. The highest BCUT2D eigenvalue weighted by Gasteiger charge is 2.62. The molecule has 1 aromatic carbocycles. The van der Waals surface area contributed by atoms with Gasteiger partial charge in [0.15, 0.2) is 11.4 Å². The van der Waals surface area contributed by atoms with Crippen LogP contribution in [0.2, 0.25) is 5.02 Å². The summed E-state index contributed by atoms with van der Waals surface area (Å²) in [6.45, 7) is 9.27. The molecule has 2 saturated carbocycles. The second-order valence-electron chi connectivity index (χ2n) is 13.6. The van der Waals surface area contributed by atoms with Crippen molar-refractivity contribution >= 4 is 41.1 Å². The highest BCUT2D eigenvalue weighted by molar-refractivity contribution is 6.31. The molecule has 11 heteroatoms. The number of halogens is 1. The highest BCUT2D eigenvalue weighted by atomic mass is 35.5. The molecule has 1 spiro atoms. The van der Waals surface area contributed by atoms with Crippen LogP contribution in [0.25, 0.3) is 0 Å². The third kappa shape index (κ3) is 6.30. The topological polar surface area (TPSA) is 135 Å². The molecule has 4 aliphatic rings. The molecule has 5 atom stereocenters. The molecule has 2 N–H and O–H groups in total.